The number of unbranched alkanes of at least 4 members (excludes halogenated alkanes) is 25. The summed E-state index contributed by atoms with van der Waals surface area (Å²) in [7, 11) is -2.38. The van der Waals surface area contributed by atoms with Gasteiger partial charge < -0.3 is 38.5 Å². The third kappa shape index (κ3) is 30.0. The molecule has 1 heterocycles. The minimum atomic E-state index is -2.38. The lowest BCUT2D eigenvalue weighted by atomic mass is 9.91. The Hall–Kier alpha value is -3.42. The molecule has 0 aliphatic carbocycles. The number of aliphatic hydroxyl groups excluding tert-OH is 1. The lowest BCUT2D eigenvalue weighted by molar-refractivity contribution is -0.220. The summed E-state index contributed by atoms with van der Waals surface area (Å²) in [6, 6.07) is 28.4. The van der Waals surface area contributed by atoms with Crippen LogP contribution in [0.1, 0.15) is 270 Å². The number of carbonyl (C=O) groups excluding carboxylic acids is 2. The van der Waals surface area contributed by atoms with E-state index in [9.17, 15) is 9.90 Å². The Morgan fingerprint density at radius 3 is 1.48 bits per heavy atom. The van der Waals surface area contributed by atoms with E-state index in [1.54, 1.807) is 0 Å². The van der Waals surface area contributed by atoms with Crippen molar-refractivity contribution in [3.05, 3.63) is 108 Å². The topological polar surface area (TPSA) is 122 Å². The third-order valence-corrected chi connectivity index (χ3v) is 22.2. The molecular weight excluding hydrogens is 1060 g/mol. The fourth-order valence-electron chi connectivity index (χ4n) is 11.3. The van der Waals surface area contributed by atoms with Gasteiger partial charge in [0.05, 0.1) is 37.9 Å². The molecule has 0 saturated carbocycles. The van der Waals surface area contributed by atoms with E-state index in [1.807, 2.05) is 91.0 Å². The molecule has 0 unspecified atom stereocenters. The maximum absolute atomic E-state index is 15.3. The van der Waals surface area contributed by atoms with E-state index in [4.69, 9.17) is 28.1 Å². The number of rotatable bonds is 49. The van der Waals surface area contributed by atoms with Crippen molar-refractivity contribution in [3.8, 4) is 0 Å². The number of aliphatic hydroxyl groups is 1. The Morgan fingerprint density at radius 1 is 0.560 bits per heavy atom. The van der Waals surface area contributed by atoms with Gasteiger partial charge in [-0.15, -0.1) is 0 Å². The molecule has 3 aromatic carbocycles. The van der Waals surface area contributed by atoms with Gasteiger partial charge in [-0.05, 0) is 60.5 Å². The van der Waals surface area contributed by atoms with Gasteiger partial charge in [0.25, 0.3) is 0 Å². The molecule has 0 bridgehead atoms. The molecule has 0 aromatic heterocycles. The van der Waals surface area contributed by atoms with E-state index < -0.39 is 50.8 Å². The van der Waals surface area contributed by atoms with Crippen LogP contribution >= 0.6 is 0 Å². The zero-order chi connectivity index (χ0) is 60.5. The van der Waals surface area contributed by atoms with Crippen molar-refractivity contribution in [2.75, 3.05) is 19.8 Å². The van der Waals surface area contributed by atoms with E-state index in [1.165, 1.54) is 141 Å². The van der Waals surface area contributed by atoms with Gasteiger partial charge in [0.2, 0.25) is 5.91 Å². The molecule has 0 spiro atoms. The van der Waals surface area contributed by atoms with E-state index in [0.29, 0.717) is 26.1 Å². The number of ether oxygens (including phenoxy) is 5. The number of hydrogen-bond donors (Lipinski definition) is 2. The second kappa shape index (κ2) is 44.1. The highest BCUT2D eigenvalue weighted by atomic mass is 28.4. The summed E-state index contributed by atoms with van der Waals surface area (Å²) in [6.07, 6.45) is 31.2. The average molecular weight is 1180 g/mol. The predicted molar refractivity (Wildman–Crippen MR) is 350 cm³/mol. The van der Waals surface area contributed by atoms with Crippen LogP contribution in [0.2, 0.25) is 18.1 Å². The zero-order valence-electron chi connectivity index (χ0n) is 54.4. The standard InChI is InChI=1S/C73H121NO9Si/c1-9-12-15-18-21-24-27-30-33-45-55-78-63(52-43-31-28-25-22-19-16-13-10-2)54-56-79-70-67(74-66(75)57-64(80-58-60-46-37-34-38-47-60)53-44-32-29-26-23-20-17-14-11-3)71(82-65(68(70)76)59-81-84(7,8)73(4,5)6)72(77)83-69(61-48-39-35-40-49-61)62-50-41-36-42-51-62/h34-42,46-51,63-65,67-71,76H,9-33,43-45,52-59H2,1-8H3,(H,74,75)/t63-,64-,65-,67-,68-,70-,71+/m1/s1. The fraction of sp³-hybridized carbons (Fsp3) is 0.726. The van der Waals surface area contributed by atoms with E-state index in [0.717, 1.165) is 61.6 Å². The molecule has 1 fully saturated rings. The van der Waals surface area contributed by atoms with Gasteiger partial charge in [0, 0.05) is 13.2 Å². The molecule has 476 valence electrons. The quantitative estimate of drug-likeness (QED) is 0.0323. The van der Waals surface area contributed by atoms with Gasteiger partial charge in [-0.25, -0.2) is 4.79 Å². The van der Waals surface area contributed by atoms with Crippen molar-refractivity contribution in [2.24, 2.45) is 0 Å². The number of esters is 1. The van der Waals surface area contributed by atoms with E-state index >= 15 is 4.79 Å². The first-order chi connectivity index (χ1) is 40.8. The van der Waals surface area contributed by atoms with Crippen LogP contribution in [0, 0.1) is 0 Å². The van der Waals surface area contributed by atoms with Crippen LogP contribution in [-0.4, -0.2) is 87.8 Å². The maximum Gasteiger partial charge on any atom is 0.338 e. The fourth-order valence-corrected chi connectivity index (χ4v) is 12.3. The molecule has 11 heteroatoms. The van der Waals surface area contributed by atoms with Crippen LogP contribution in [0.5, 0.6) is 0 Å². The lowest BCUT2D eigenvalue weighted by Crippen LogP contribution is -2.67. The number of carbonyl (C=O) groups is 2. The van der Waals surface area contributed by atoms with Crippen LogP contribution in [0.15, 0.2) is 91.0 Å². The number of amides is 1. The zero-order valence-corrected chi connectivity index (χ0v) is 55.4. The summed E-state index contributed by atoms with van der Waals surface area (Å²) in [5.74, 6) is -0.969. The molecule has 3 aromatic rings. The van der Waals surface area contributed by atoms with Crippen LogP contribution in [0.25, 0.3) is 0 Å². The Labute approximate surface area is 513 Å². The molecule has 1 aliphatic rings. The number of benzene rings is 3. The van der Waals surface area contributed by atoms with Crippen molar-refractivity contribution in [2.45, 2.75) is 321 Å². The molecule has 1 amide bonds. The van der Waals surface area contributed by atoms with E-state index in [2.05, 4.69) is 60.0 Å². The molecule has 10 nitrogen and oxygen atoms in total. The monoisotopic (exact) mass is 1180 g/mol. The largest absolute Gasteiger partial charge is 0.451 e. The van der Waals surface area contributed by atoms with Crippen LogP contribution in [-0.2, 0) is 44.3 Å². The number of hydrogen-bond acceptors (Lipinski definition) is 9. The van der Waals surface area contributed by atoms with Gasteiger partial charge in [-0.1, -0.05) is 306 Å². The highest BCUT2D eigenvalue weighted by Crippen LogP contribution is 2.38. The summed E-state index contributed by atoms with van der Waals surface area (Å²) >= 11 is 0. The normalized spacial score (nSPS) is 18.2. The first-order valence-corrected chi connectivity index (χ1v) is 37.1. The summed E-state index contributed by atoms with van der Waals surface area (Å²) < 4.78 is 40.5. The molecular formula is C73H121NO9Si. The molecule has 84 heavy (non-hydrogen) atoms. The summed E-state index contributed by atoms with van der Waals surface area (Å²) in [5, 5.41) is 15.8. The highest BCUT2D eigenvalue weighted by Gasteiger charge is 2.51. The van der Waals surface area contributed by atoms with Gasteiger partial charge in [0.1, 0.15) is 18.3 Å². The van der Waals surface area contributed by atoms with Gasteiger partial charge in [-0.3, -0.25) is 4.79 Å². The molecule has 0 radical (unpaired) electrons. The first-order valence-electron chi connectivity index (χ1n) is 34.2. The summed E-state index contributed by atoms with van der Waals surface area (Å²) in [4.78, 5) is 30.2. The van der Waals surface area contributed by atoms with Gasteiger partial charge in [0.15, 0.2) is 20.5 Å². The predicted octanol–water partition coefficient (Wildman–Crippen LogP) is 18.9. The van der Waals surface area contributed by atoms with Crippen molar-refractivity contribution in [3.63, 3.8) is 0 Å². The molecule has 1 saturated heterocycles. The van der Waals surface area contributed by atoms with Gasteiger partial charge in [-0.2, -0.15) is 0 Å². The Bertz CT molecular complexity index is 2030. The second-order valence-corrected chi connectivity index (χ2v) is 30.9. The number of nitrogens with one attached hydrogen (secondary N) is 1. The smallest absolute Gasteiger partial charge is 0.338 e. The van der Waals surface area contributed by atoms with Crippen molar-refractivity contribution < 1.29 is 42.8 Å². The van der Waals surface area contributed by atoms with Crippen molar-refractivity contribution in [1.82, 2.24) is 5.32 Å². The Kier molecular flexibility index (Phi) is 38.3. The minimum Gasteiger partial charge on any atom is -0.451 e. The Morgan fingerprint density at radius 2 is 1.00 bits per heavy atom. The van der Waals surface area contributed by atoms with Crippen molar-refractivity contribution in [1.29, 1.82) is 0 Å². The SMILES string of the molecule is CCCCCCCCCCCCO[C@H](CCCCCCCCCCC)CCO[C@H]1[C@H](O)[C@@H](CO[Si](C)(C)C(C)(C)C)O[C@H](C(=O)OC(c2ccccc2)c2ccccc2)[C@@H]1NC(=O)C[C@@H](CCCCCCCCCCC)OCc1ccccc1. The summed E-state index contributed by atoms with van der Waals surface area (Å²) in [5.41, 5.74) is 2.63. The average Bonchev–Trinajstić information content (AvgIpc) is 2.26. The van der Waals surface area contributed by atoms with Gasteiger partial charge >= 0.3 is 5.97 Å². The molecule has 2 N–H and O–H groups in total. The van der Waals surface area contributed by atoms with Crippen LogP contribution in [0.3, 0.4) is 0 Å². The van der Waals surface area contributed by atoms with Crippen molar-refractivity contribution >= 4 is 20.2 Å². The molecule has 1 aliphatic heterocycles. The van der Waals surface area contributed by atoms with Crippen LogP contribution in [0.4, 0.5) is 0 Å². The maximum atomic E-state index is 15.3. The lowest BCUT2D eigenvalue weighted by Gasteiger charge is -2.45. The third-order valence-electron chi connectivity index (χ3n) is 17.7. The van der Waals surface area contributed by atoms with Crippen LogP contribution < -0.4 is 5.32 Å². The first kappa shape index (κ1) is 73.0. The minimum absolute atomic E-state index is 0.0299. The molecule has 7 atom stereocenters. The van der Waals surface area contributed by atoms with E-state index in [-0.39, 0.29) is 42.8 Å². The second-order valence-electron chi connectivity index (χ2n) is 26.0. The highest BCUT2D eigenvalue weighted by molar-refractivity contribution is 6.74. The Balaban J connectivity index is 1.63. The summed E-state index contributed by atoms with van der Waals surface area (Å²) in [6.45, 7) is 19.0. The molecule has 4 rings (SSSR count).